The zero-order chi connectivity index (χ0) is 15.3. The number of aryl methyl sites for hydroxylation is 2. The summed E-state index contributed by atoms with van der Waals surface area (Å²) in [5.74, 6) is 1.40. The van der Waals surface area contributed by atoms with Crippen molar-refractivity contribution in [3.8, 4) is 0 Å². The van der Waals surface area contributed by atoms with Crippen LogP contribution in [0.4, 0.5) is 0 Å². The molecule has 0 unspecified atom stereocenters. The second-order valence-electron chi connectivity index (χ2n) is 6.52. The number of nitrogens with zero attached hydrogens (tertiary/aromatic N) is 4. The molecule has 1 N–H and O–H groups in total. The fraction of sp³-hybridized carbons (Fsp3) is 0.562. The van der Waals surface area contributed by atoms with Gasteiger partial charge in [-0.1, -0.05) is 0 Å². The van der Waals surface area contributed by atoms with Crippen LogP contribution < -0.4 is 5.56 Å². The quantitative estimate of drug-likeness (QED) is 0.926. The van der Waals surface area contributed by atoms with E-state index in [0.29, 0.717) is 12.5 Å². The molecule has 0 aromatic carbocycles. The predicted molar refractivity (Wildman–Crippen MR) is 82.6 cm³/mol. The average Bonchev–Trinajstić information content (AvgIpc) is 3.27. The molecular formula is C16H21N5O. The zero-order valence-electron chi connectivity index (χ0n) is 13.1. The number of fused-ring (bicyclic) bond motifs is 1. The molecule has 1 saturated carbocycles. The Balaban J connectivity index is 1.56. The maximum Gasteiger partial charge on any atom is 0.255 e. The van der Waals surface area contributed by atoms with Gasteiger partial charge in [-0.05, 0) is 19.8 Å². The van der Waals surface area contributed by atoms with Crippen molar-refractivity contribution in [3.63, 3.8) is 0 Å². The minimum atomic E-state index is 0.0551. The number of aromatic amines is 1. The van der Waals surface area contributed by atoms with Crippen LogP contribution in [0.2, 0.25) is 0 Å². The summed E-state index contributed by atoms with van der Waals surface area (Å²) in [5.41, 5.74) is 4.19. The van der Waals surface area contributed by atoms with Crippen molar-refractivity contribution < 1.29 is 0 Å². The minimum Gasteiger partial charge on any atom is -0.310 e. The van der Waals surface area contributed by atoms with Gasteiger partial charge >= 0.3 is 0 Å². The Labute approximate surface area is 129 Å². The average molecular weight is 299 g/mol. The summed E-state index contributed by atoms with van der Waals surface area (Å²) < 4.78 is 1.85. The third-order valence-corrected chi connectivity index (χ3v) is 4.64. The summed E-state index contributed by atoms with van der Waals surface area (Å²) in [6.45, 7) is 4.49. The summed E-state index contributed by atoms with van der Waals surface area (Å²) >= 11 is 0. The maximum absolute atomic E-state index is 12.3. The molecule has 6 heteroatoms. The van der Waals surface area contributed by atoms with E-state index < -0.39 is 0 Å². The van der Waals surface area contributed by atoms with Gasteiger partial charge in [0.1, 0.15) is 5.82 Å². The van der Waals surface area contributed by atoms with Crippen LogP contribution in [0.5, 0.6) is 0 Å². The molecular weight excluding hydrogens is 278 g/mol. The molecule has 0 saturated heterocycles. The number of hydrogen-bond acceptors (Lipinski definition) is 4. The first-order valence-corrected chi connectivity index (χ1v) is 7.93. The van der Waals surface area contributed by atoms with Gasteiger partial charge in [-0.25, -0.2) is 4.98 Å². The van der Waals surface area contributed by atoms with Gasteiger partial charge in [-0.3, -0.25) is 14.4 Å². The molecule has 0 amide bonds. The third-order valence-electron chi connectivity index (χ3n) is 4.64. The smallest absolute Gasteiger partial charge is 0.255 e. The Bertz CT molecular complexity index is 771. The van der Waals surface area contributed by atoms with Crippen molar-refractivity contribution in [2.24, 2.45) is 7.05 Å². The Morgan fingerprint density at radius 1 is 1.41 bits per heavy atom. The zero-order valence-corrected chi connectivity index (χ0v) is 13.1. The highest BCUT2D eigenvalue weighted by Crippen LogP contribution is 2.37. The molecule has 0 spiro atoms. The van der Waals surface area contributed by atoms with Crippen LogP contribution in [0.25, 0.3) is 0 Å². The van der Waals surface area contributed by atoms with Gasteiger partial charge in [0.2, 0.25) is 0 Å². The van der Waals surface area contributed by atoms with Gasteiger partial charge in [0.15, 0.2) is 0 Å². The number of H-pyrrole nitrogens is 1. The standard InChI is InChI=1S/C16H21N5O/c1-10-12(7-20(2)19-10)8-21-6-5-14-13(9-21)16(22)18-15(17-14)11-3-4-11/h7,11H,3-6,8-9H2,1-2H3,(H,17,18,22). The fourth-order valence-corrected chi connectivity index (χ4v) is 3.23. The SMILES string of the molecule is Cc1nn(C)cc1CN1CCc2nc(C3CC3)[nH]c(=O)c2C1. The van der Waals surface area contributed by atoms with E-state index in [2.05, 4.69) is 21.2 Å². The van der Waals surface area contributed by atoms with Crippen molar-refractivity contribution in [1.82, 2.24) is 24.6 Å². The van der Waals surface area contributed by atoms with Crippen molar-refractivity contribution in [1.29, 1.82) is 0 Å². The van der Waals surface area contributed by atoms with Crippen LogP contribution in [-0.2, 0) is 26.6 Å². The summed E-state index contributed by atoms with van der Waals surface area (Å²) in [7, 11) is 1.94. The van der Waals surface area contributed by atoms with Gasteiger partial charge in [0, 0.05) is 50.8 Å². The van der Waals surface area contributed by atoms with Gasteiger partial charge in [-0.15, -0.1) is 0 Å². The van der Waals surface area contributed by atoms with Gasteiger partial charge < -0.3 is 4.98 Å². The van der Waals surface area contributed by atoms with E-state index in [0.717, 1.165) is 55.1 Å². The van der Waals surface area contributed by atoms with Crippen LogP contribution in [0.15, 0.2) is 11.0 Å². The lowest BCUT2D eigenvalue weighted by Gasteiger charge is -2.27. The van der Waals surface area contributed by atoms with Crippen LogP contribution in [0.3, 0.4) is 0 Å². The number of hydrogen-bond donors (Lipinski definition) is 1. The molecule has 116 valence electrons. The number of rotatable bonds is 3. The van der Waals surface area contributed by atoms with Gasteiger partial charge in [-0.2, -0.15) is 5.10 Å². The topological polar surface area (TPSA) is 66.8 Å². The number of aromatic nitrogens is 4. The summed E-state index contributed by atoms with van der Waals surface area (Å²) in [6.07, 6.45) is 5.24. The van der Waals surface area contributed by atoms with E-state index in [4.69, 9.17) is 4.98 Å². The normalized spacial score (nSPS) is 18.5. The minimum absolute atomic E-state index is 0.0551. The molecule has 2 aromatic heterocycles. The molecule has 2 aromatic rings. The van der Waals surface area contributed by atoms with Crippen LogP contribution in [0.1, 0.15) is 47.1 Å². The second-order valence-corrected chi connectivity index (χ2v) is 6.52. The van der Waals surface area contributed by atoms with Crippen molar-refractivity contribution in [3.05, 3.63) is 44.9 Å². The lowest BCUT2D eigenvalue weighted by atomic mass is 10.1. The molecule has 22 heavy (non-hydrogen) atoms. The molecule has 1 fully saturated rings. The highest BCUT2D eigenvalue weighted by molar-refractivity contribution is 5.24. The Morgan fingerprint density at radius 2 is 2.23 bits per heavy atom. The molecule has 0 atom stereocenters. The monoisotopic (exact) mass is 299 g/mol. The second kappa shape index (κ2) is 5.05. The predicted octanol–water partition coefficient (Wildman–Crippen LogP) is 1.25. The lowest BCUT2D eigenvalue weighted by molar-refractivity contribution is 0.241. The molecule has 6 nitrogen and oxygen atoms in total. The Morgan fingerprint density at radius 3 is 2.91 bits per heavy atom. The molecule has 3 heterocycles. The fourth-order valence-electron chi connectivity index (χ4n) is 3.23. The largest absolute Gasteiger partial charge is 0.310 e. The lowest BCUT2D eigenvalue weighted by Crippen LogP contribution is -2.35. The maximum atomic E-state index is 12.3. The molecule has 0 radical (unpaired) electrons. The van der Waals surface area contributed by atoms with Crippen LogP contribution in [-0.4, -0.2) is 31.2 Å². The third kappa shape index (κ3) is 2.47. The Kier molecular flexibility index (Phi) is 3.14. The van der Waals surface area contributed by atoms with E-state index in [1.807, 2.05) is 18.7 Å². The van der Waals surface area contributed by atoms with E-state index in [1.165, 1.54) is 5.56 Å². The number of nitrogens with one attached hydrogen (secondary N) is 1. The van der Waals surface area contributed by atoms with Crippen molar-refractivity contribution in [2.75, 3.05) is 6.54 Å². The van der Waals surface area contributed by atoms with Crippen LogP contribution in [0, 0.1) is 6.92 Å². The molecule has 4 rings (SSSR count). The summed E-state index contributed by atoms with van der Waals surface area (Å²) in [4.78, 5) is 22.3. The van der Waals surface area contributed by atoms with E-state index in [-0.39, 0.29) is 5.56 Å². The van der Waals surface area contributed by atoms with Crippen molar-refractivity contribution >= 4 is 0 Å². The molecule has 1 aliphatic heterocycles. The molecule has 0 bridgehead atoms. The van der Waals surface area contributed by atoms with Crippen LogP contribution >= 0.6 is 0 Å². The van der Waals surface area contributed by atoms with Crippen molar-refractivity contribution in [2.45, 2.75) is 45.2 Å². The summed E-state index contributed by atoms with van der Waals surface area (Å²) in [6, 6.07) is 0. The molecule has 1 aliphatic carbocycles. The Hall–Kier alpha value is -1.95. The van der Waals surface area contributed by atoms with E-state index >= 15 is 0 Å². The first kappa shape index (κ1) is 13.7. The van der Waals surface area contributed by atoms with Gasteiger partial charge in [0.25, 0.3) is 5.56 Å². The first-order chi connectivity index (χ1) is 10.6. The summed E-state index contributed by atoms with van der Waals surface area (Å²) in [5, 5.41) is 4.39. The van der Waals surface area contributed by atoms with Gasteiger partial charge in [0.05, 0.1) is 17.0 Å². The molecule has 2 aliphatic rings. The highest BCUT2D eigenvalue weighted by atomic mass is 16.1. The highest BCUT2D eigenvalue weighted by Gasteiger charge is 2.29. The first-order valence-electron chi connectivity index (χ1n) is 7.93. The van der Waals surface area contributed by atoms with E-state index in [1.54, 1.807) is 0 Å². The van der Waals surface area contributed by atoms with E-state index in [9.17, 15) is 4.79 Å².